The number of hydrogen-bond donors (Lipinski definition) is 2. The Morgan fingerprint density at radius 3 is 2.90 bits per heavy atom. The van der Waals surface area contributed by atoms with Crippen molar-refractivity contribution in [3.8, 4) is 0 Å². The molecule has 0 bridgehead atoms. The third kappa shape index (κ3) is 3.25. The van der Waals surface area contributed by atoms with Crippen LogP contribution in [0.1, 0.15) is 13.3 Å². The van der Waals surface area contributed by atoms with E-state index in [9.17, 15) is 0 Å². The molecule has 1 aromatic carbocycles. The third-order valence-corrected chi connectivity index (χ3v) is 3.07. The molecule has 0 aliphatic carbocycles. The summed E-state index contributed by atoms with van der Waals surface area (Å²) in [7, 11) is 0. The summed E-state index contributed by atoms with van der Waals surface area (Å²) in [5.74, 6) is 1.50. The van der Waals surface area contributed by atoms with Crippen molar-refractivity contribution in [1.29, 1.82) is 0 Å². The van der Waals surface area contributed by atoms with Gasteiger partial charge in [-0.15, -0.1) is 0 Å². The van der Waals surface area contributed by atoms with Gasteiger partial charge in [0.1, 0.15) is 5.82 Å². The smallest absolute Gasteiger partial charge is 0.151 e. The van der Waals surface area contributed by atoms with Gasteiger partial charge in [-0.25, -0.2) is 4.98 Å². The Hall–Kier alpha value is -2.69. The molecule has 0 radical (unpaired) electrons. The number of benzene rings is 1. The van der Waals surface area contributed by atoms with E-state index in [1.165, 1.54) is 0 Å². The maximum atomic E-state index is 4.49. The van der Waals surface area contributed by atoms with Crippen molar-refractivity contribution in [3.63, 3.8) is 0 Å². The van der Waals surface area contributed by atoms with Crippen LogP contribution < -0.4 is 10.6 Å². The van der Waals surface area contributed by atoms with Gasteiger partial charge in [-0.05, 0) is 30.7 Å². The molecule has 2 N–H and O–H groups in total. The van der Waals surface area contributed by atoms with E-state index in [2.05, 4.69) is 38.6 Å². The highest BCUT2D eigenvalue weighted by molar-refractivity contribution is 5.82. The topological polar surface area (TPSA) is 62.7 Å². The van der Waals surface area contributed by atoms with E-state index in [4.69, 9.17) is 0 Å². The normalized spacial score (nSPS) is 10.5. The molecular weight excluding hydrogens is 262 g/mol. The lowest BCUT2D eigenvalue weighted by molar-refractivity contribution is 0.965. The Kier molecular flexibility index (Phi) is 3.91. The summed E-state index contributed by atoms with van der Waals surface area (Å²) in [6, 6.07) is 10.0. The Morgan fingerprint density at radius 1 is 1.10 bits per heavy atom. The maximum absolute atomic E-state index is 4.49. The summed E-state index contributed by atoms with van der Waals surface area (Å²) < 4.78 is 0. The van der Waals surface area contributed by atoms with Crippen LogP contribution in [0.2, 0.25) is 0 Å². The number of anilines is 3. The molecule has 0 fully saturated rings. The molecule has 0 atom stereocenters. The molecule has 0 aliphatic heterocycles. The fraction of sp³-hybridized carbons (Fsp3) is 0.188. The summed E-state index contributed by atoms with van der Waals surface area (Å²) in [5, 5.41) is 7.59. The van der Waals surface area contributed by atoms with Gasteiger partial charge in [-0.1, -0.05) is 13.0 Å². The van der Waals surface area contributed by atoms with Crippen LogP contribution in [0.3, 0.4) is 0 Å². The lowest BCUT2D eigenvalue weighted by Gasteiger charge is -2.08. The average Bonchev–Trinajstić information content (AvgIpc) is 2.53. The van der Waals surface area contributed by atoms with Crippen molar-refractivity contribution < 1.29 is 0 Å². The van der Waals surface area contributed by atoms with E-state index >= 15 is 0 Å². The SMILES string of the molecule is CCCNc1cncc(Nc2ccc3ncccc3c2)n1. The highest BCUT2D eigenvalue weighted by Crippen LogP contribution is 2.20. The Labute approximate surface area is 123 Å². The number of hydrogen-bond acceptors (Lipinski definition) is 5. The molecule has 0 amide bonds. The Bertz CT molecular complexity index is 741. The maximum Gasteiger partial charge on any atom is 0.151 e. The highest BCUT2D eigenvalue weighted by Gasteiger charge is 2.01. The van der Waals surface area contributed by atoms with Crippen LogP contribution in [0.25, 0.3) is 10.9 Å². The van der Waals surface area contributed by atoms with Crippen LogP contribution in [0, 0.1) is 0 Å². The summed E-state index contributed by atoms with van der Waals surface area (Å²) in [5.41, 5.74) is 1.95. The van der Waals surface area contributed by atoms with E-state index in [0.29, 0.717) is 0 Å². The first-order valence-corrected chi connectivity index (χ1v) is 7.03. The Morgan fingerprint density at radius 2 is 2.00 bits per heavy atom. The summed E-state index contributed by atoms with van der Waals surface area (Å²) >= 11 is 0. The summed E-state index contributed by atoms with van der Waals surface area (Å²) in [4.78, 5) is 13.0. The molecule has 0 saturated carbocycles. The minimum Gasteiger partial charge on any atom is -0.369 e. The van der Waals surface area contributed by atoms with Crippen molar-refractivity contribution in [1.82, 2.24) is 15.0 Å². The molecule has 5 nitrogen and oxygen atoms in total. The monoisotopic (exact) mass is 279 g/mol. The lowest BCUT2D eigenvalue weighted by atomic mass is 10.2. The first-order chi connectivity index (χ1) is 10.3. The molecule has 0 spiro atoms. The van der Waals surface area contributed by atoms with E-state index < -0.39 is 0 Å². The fourth-order valence-corrected chi connectivity index (χ4v) is 2.07. The second-order valence-corrected chi connectivity index (χ2v) is 4.75. The van der Waals surface area contributed by atoms with Gasteiger partial charge in [-0.2, -0.15) is 0 Å². The highest BCUT2D eigenvalue weighted by atomic mass is 15.1. The third-order valence-electron chi connectivity index (χ3n) is 3.07. The van der Waals surface area contributed by atoms with Gasteiger partial charge in [-0.3, -0.25) is 9.97 Å². The molecule has 0 aliphatic rings. The van der Waals surface area contributed by atoms with Gasteiger partial charge < -0.3 is 10.6 Å². The minimum absolute atomic E-state index is 0.722. The molecule has 106 valence electrons. The number of nitrogens with one attached hydrogen (secondary N) is 2. The molecule has 3 aromatic rings. The van der Waals surface area contributed by atoms with Crippen LogP contribution in [-0.2, 0) is 0 Å². The molecule has 3 rings (SSSR count). The van der Waals surface area contributed by atoms with Gasteiger partial charge in [0.05, 0.1) is 17.9 Å². The molecular formula is C16H17N5. The zero-order chi connectivity index (χ0) is 14.5. The molecule has 0 unspecified atom stereocenters. The fourth-order valence-electron chi connectivity index (χ4n) is 2.07. The average molecular weight is 279 g/mol. The van der Waals surface area contributed by atoms with Gasteiger partial charge in [0.2, 0.25) is 0 Å². The zero-order valence-electron chi connectivity index (χ0n) is 11.9. The standard InChI is InChI=1S/C16H17N5/c1-2-7-19-15-10-17-11-16(21-15)20-13-5-6-14-12(9-13)4-3-8-18-14/h3-6,8-11H,2,7H2,1H3,(H2,19,20,21). The van der Waals surface area contributed by atoms with E-state index in [1.807, 2.05) is 24.3 Å². The minimum atomic E-state index is 0.722. The van der Waals surface area contributed by atoms with Crippen molar-refractivity contribution in [2.24, 2.45) is 0 Å². The second kappa shape index (κ2) is 6.17. The van der Waals surface area contributed by atoms with Crippen LogP contribution in [0.5, 0.6) is 0 Å². The van der Waals surface area contributed by atoms with Crippen molar-refractivity contribution >= 4 is 28.2 Å². The van der Waals surface area contributed by atoms with Gasteiger partial charge in [0.25, 0.3) is 0 Å². The van der Waals surface area contributed by atoms with E-state index in [1.54, 1.807) is 18.6 Å². The van der Waals surface area contributed by atoms with E-state index in [0.717, 1.165) is 41.2 Å². The van der Waals surface area contributed by atoms with Crippen LogP contribution in [-0.4, -0.2) is 21.5 Å². The van der Waals surface area contributed by atoms with Gasteiger partial charge in [0, 0.05) is 23.8 Å². The first kappa shape index (κ1) is 13.3. The number of fused-ring (bicyclic) bond motifs is 1. The predicted octanol–water partition coefficient (Wildman–Crippen LogP) is 3.59. The van der Waals surface area contributed by atoms with Crippen LogP contribution in [0.4, 0.5) is 17.3 Å². The number of rotatable bonds is 5. The van der Waals surface area contributed by atoms with Gasteiger partial charge >= 0.3 is 0 Å². The van der Waals surface area contributed by atoms with Crippen molar-refractivity contribution in [3.05, 3.63) is 48.9 Å². The lowest BCUT2D eigenvalue weighted by Crippen LogP contribution is -2.04. The molecule has 5 heteroatoms. The Balaban J connectivity index is 1.81. The van der Waals surface area contributed by atoms with Gasteiger partial charge in [0.15, 0.2) is 5.82 Å². The van der Waals surface area contributed by atoms with Crippen LogP contribution in [0.15, 0.2) is 48.9 Å². The number of aromatic nitrogens is 3. The molecule has 0 saturated heterocycles. The summed E-state index contributed by atoms with van der Waals surface area (Å²) in [6.07, 6.45) is 6.29. The van der Waals surface area contributed by atoms with Crippen molar-refractivity contribution in [2.45, 2.75) is 13.3 Å². The second-order valence-electron chi connectivity index (χ2n) is 4.75. The largest absolute Gasteiger partial charge is 0.369 e. The van der Waals surface area contributed by atoms with E-state index in [-0.39, 0.29) is 0 Å². The number of pyridine rings is 1. The molecule has 2 aromatic heterocycles. The quantitative estimate of drug-likeness (QED) is 0.747. The van der Waals surface area contributed by atoms with Crippen LogP contribution >= 0.6 is 0 Å². The predicted molar refractivity (Wildman–Crippen MR) is 85.8 cm³/mol. The summed E-state index contributed by atoms with van der Waals surface area (Å²) in [6.45, 7) is 3.01. The molecule has 2 heterocycles. The number of nitrogens with zero attached hydrogens (tertiary/aromatic N) is 3. The first-order valence-electron chi connectivity index (χ1n) is 7.03. The molecule has 21 heavy (non-hydrogen) atoms. The van der Waals surface area contributed by atoms with Crippen molar-refractivity contribution in [2.75, 3.05) is 17.2 Å². The zero-order valence-corrected chi connectivity index (χ0v) is 11.9.